The number of aromatic amines is 1. The normalized spacial score (nSPS) is 21.4. The largest absolute Gasteiger partial charge is 0.315 e. The van der Waals surface area contributed by atoms with Crippen LogP contribution in [0.2, 0.25) is 0 Å². The lowest BCUT2D eigenvalue weighted by Gasteiger charge is -2.27. The SMILES string of the molecule is CC1CCC(CCc2ccc(-c3ccc(C4CNC4)cc3)c(-c3nn[nH]n3)c2S(N)(=O)=O)CC1. The second kappa shape index (κ2) is 9.56. The van der Waals surface area contributed by atoms with Crippen molar-refractivity contribution in [1.29, 1.82) is 0 Å². The van der Waals surface area contributed by atoms with Gasteiger partial charge in [0, 0.05) is 19.0 Å². The lowest BCUT2D eigenvalue weighted by atomic mass is 9.80. The maximum atomic E-state index is 12.9. The number of hydrogen-bond donors (Lipinski definition) is 3. The molecule has 2 aliphatic rings. The molecular weight excluding hydrogens is 448 g/mol. The summed E-state index contributed by atoms with van der Waals surface area (Å²) in [7, 11) is -4.03. The second-order valence-electron chi connectivity index (χ2n) is 9.90. The van der Waals surface area contributed by atoms with Crippen LogP contribution in [0.5, 0.6) is 0 Å². The second-order valence-corrected chi connectivity index (χ2v) is 11.4. The first-order valence-corrected chi connectivity index (χ1v) is 13.7. The molecule has 0 atom stereocenters. The van der Waals surface area contributed by atoms with Crippen LogP contribution in [-0.2, 0) is 16.4 Å². The van der Waals surface area contributed by atoms with Gasteiger partial charge in [-0.1, -0.05) is 69.0 Å². The Kier molecular flexibility index (Phi) is 6.50. The molecule has 2 heterocycles. The number of tetrazole rings is 1. The Morgan fingerprint density at radius 1 is 1.03 bits per heavy atom. The molecule has 0 bridgehead atoms. The van der Waals surface area contributed by atoms with Gasteiger partial charge in [0.25, 0.3) is 0 Å². The minimum Gasteiger partial charge on any atom is -0.315 e. The van der Waals surface area contributed by atoms with Crippen LogP contribution in [0.25, 0.3) is 22.5 Å². The van der Waals surface area contributed by atoms with Crippen LogP contribution in [0.1, 0.15) is 56.1 Å². The number of benzene rings is 2. The summed E-state index contributed by atoms with van der Waals surface area (Å²) >= 11 is 0. The van der Waals surface area contributed by atoms with E-state index in [1.165, 1.54) is 31.2 Å². The van der Waals surface area contributed by atoms with Crippen molar-refractivity contribution >= 4 is 10.0 Å². The lowest BCUT2D eigenvalue weighted by Crippen LogP contribution is -2.39. The third-order valence-corrected chi connectivity index (χ3v) is 8.56. The molecule has 2 fully saturated rings. The molecule has 1 aliphatic heterocycles. The van der Waals surface area contributed by atoms with Gasteiger partial charge in [-0.15, -0.1) is 10.2 Å². The predicted molar refractivity (Wildman–Crippen MR) is 131 cm³/mol. The van der Waals surface area contributed by atoms with Gasteiger partial charge < -0.3 is 5.32 Å². The van der Waals surface area contributed by atoms with E-state index in [4.69, 9.17) is 5.14 Å². The predicted octanol–water partition coefficient (Wildman–Crippen LogP) is 3.63. The summed E-state index contributed by atoms with van der Waals surface area (Å²) in [6, 6.07) is 12.2. The summed E-state index contributed by atoms with van der Waals surface area (Å²) in [6.45, 7) is 4.27. The van der Waals surface area contributed by atoms with Crippen molar-refractivity contribution in [2.24, 2.45) is 17.0 Å². The van der Waals surface area contributed by atoms with Gasteiger partial charge in [0.2, 0.25) is 15.8 Å². The zero-order chi connectivity index (χ0) is 23.7. The summed E-state index contributed by atoms with van der Waals surface area (Å²) in [4.78, 5) is 0.114. The number of primary sulfonamides is 1. The number of aromatic nitrogens is 4. The number of nitrogens with one attached hydrogen (secondary N) is 2. The third kappa shape index (κ3) is 4.78. The van der Waals surface area contributed by atoms with Crippen LogP contribution in [0.15, 0.2) is 41.3 Å². The molecule has 1 saturated carbocycles. The summed E-state index contributed by atoms with van der Waals surface area (Å²) in [5, 5.41) is 23.5. The Balaban J connectivity index is 1.54. The molecule has 9 heteroatoms. The highest BCUT2D eigenvalue weighted by Gasteiger charge is 2.27. The Morgan fingerprint density at radius 3 is 2.35 bits per heavy atom. The van der Waals surface area contributed by atoms with Crippen molar-refractivity contribution in [1.82, 2.24) is 25.9 Å². The molecule has 34 heavy (non-hydrogen) atoms. The molecule has 0 amide bonds. The van der Waals surface area contributed by atoms with Crippen LogP contribution in [-0.4, -0.2) is 42.1 Å². The zero-order valence-corrected chi connectivity index (χ0v) is 20.3. The number of nitrogens with zero attached hydrogens (tertiary/aromatic N) is 3. The molecule has 5 rings (SSSR count). The zero-order valence-electron chi connectivity index (χ0n) is 19.5. The molecule has 180 valence electrons. The molecule has 1 saturated heterocycles. The van der Waals surface area contributed by atoms with E-state index in [-0.39, 0.29) is 10.7 Å². The smallest absolute Gasteiger partial charge is 0.239 e. The Morgan fingerprint density at radius 2 is 1.76 bits per heavy atom. The first-order chi connectivity index (χ1) is 16.4. The van der Waals surface area contributed by atoms with Gasteiger partial charge in [-0.3, -0.25) is 0 Å². The van der Waals surface area contributed by atoms with Crippen molar-refractivity contribution in [2.75, 3.05) is 13.1 Å². The minimum absolute atomic E-state index is 0.114. The van der Waals surface area contributed by atoms with E-state index in [9.17, 15) is 8.42 Å². The van der Waals surface area contributed by atoms with E-state index in [0.29, 0.717) is 23.8 Å². The molecule has 1 aliphatic carbocycles. The van der Waals surface area contributed by atoms with Crippen molar-refractivity contribution in [2.45, 2.75) is 56.3 Å². The van der Waals surface area contributed by atoms with E-state index in [2.05, 4.69) is 45.0 Å². The first kappa shape index (κ1) is 23.1. The number of hydrogen-bond acceptors (Lipinski definition) is 6. The van der Waals surface area contributed by atoms with Crippen LogP contribution < -0.4 is 10.5 Å². The molecule has 4 N–H and O–H groups in total. The molecule has 0 radical (unpaired) electrons. The first-order valence-electron chi connectivity index (χ1n) is 12.1. The maximum Gasteiger partial charge on any atom is 0.239 e. The lowest BCUT2D eigenvalue weighted by molar-refractivity contribution is 0.277. The molecule has 8 nitrogen and oxygen atoms in total. The molecule has 0 unspecified atom stereocenters. The van der Waals surface area contributed by atoms with Crippen molar-refractivity contribution in [3.05, 3.63) is 47.5 Å². The summed E-state index contributed by atoms with van der Waals surface area (Å²) < 4.78 is 25.8. The summed E-state index contributed by atoms with van der Waals surface area (Å²) in [5.41, 5.74) is 4.05. The Labute approximate surface area is 200 Å². The highest BCUT2D eigenvalue weighted by Crippen LogP contribution is 2.39. The number of sulfonamides is 1. The molecule has 0 spiro atoms. The highest BCUT2D eigenvalue weighted by molar-refractivity contribution is 7.89. The maximum absolute atomic E-state index is 12.9. The van der Waals surface area contributed by atoms with Crippen LogP contribution in [0, 0.1) is 11.8 Å². The van der Waals surface area contributed by atoms with Crippen molar-refractivity contribution in [3.8, 4) is 22.5 Å². The molecule has 3 aromatic rings. The summed E-state index contributed by atoms with van der Waals surface area (Å²) in [6.07, 6.45) is 6.49. The van der Waals surface area contributed by atoms with E-state index in [1.54, 1.807) is 0 Å². The van der Waals surface area contributed by atoms with Gasteiger partial charge in [-0.05, 0) is 52.1 Å². The number of H-pyrrole nitrogens is 1. The highest BCUT2D eigenvalue weighted by atomic mass is 32.2. The van der Waals surface area contributed by atoms with Crippen molar-refractivity contribution in [3.63, 3.8) is 0 Å². The van der Waals surface area contributed by atoms with Gasteiger partial charge in [0.1, 0.15) is 0 Å². The van der Waals surface area contributed by atoms with Gasteiger partial charge in [0.15, 0.2) is 0 Å². The van der Waals surface area contributed by atoms with E-state index in [1.807, 2.05) is 24.3 Å². The van der Waals surface area contributed by atoms with E-state index in [0.717, 1.165) is 42.1 Å². The minimum atomic E-state index is -4.03. The average Bonchev–Trinajstić information content (AvgIpc) is 3.32. The van der Waals surface area contributed by atoms with Gasteiger partial charge in [-0.25, -0.2) is 13.6 Å². The fourth-order valence-electron chi connectivity index (χ4n) is 5.31. The number of rotatable bonds is 7. The average molecular weight is 481 g/mol. The van der Waals surface area contributed by atoms with E-state index < -0.39 is 10.0 Å². The van der Waals surface area contributed by atoms with E-state index >= 15 is 0 Å². The van der Waals surface area contributed by atoms with Gasteiger partial charge in [0.05, 0.1) is 10.5 Å². The topological polar surface area (TPSA) is 127 Å². The van der Waals surface area contributed by atoms with Crippen LogP contribution >= 0.6 is 0 Å². The van der Waals surface area contributed by atoms with Crippen molar-refractivity contribution < 1.29 is 8.42 Å². The monoisotopic (exact) mass is 480 g/mol. The molecule has 2 aromatic carbocycles. The number of nitrogens with two attached hydrogens (primary N) is 1. The molecule has 1 aromatic heterocycles. The Hall–Kier alpha value is -2.62. The summed E-state index contributed by atoms with van der Waals surface area (Å²) in [5.74, 6) is 2.16. The van der Waals surface area contributed by atoms with Crippen LogP contribution in [0.4, 0.5) is 0 Å². The standard InChI is InChI=1S/C25H32N6O2S/c1-16-2-4-17(5-3-16)6-7-20-12-13-22(19-10-8-18(9-11-19)21-14-27-15-21)23(24(20)34(26,32)33)25-28-30-31-29-25/h8-13,16-17,21,27H,2-7,14-15H2,1H3,(H2,26,32,33)(H,28,29,30,31). The fourth-order valence-corrected chi connectivity index (χ4v) is 6.34. The fraction of sp³-hybridized carbons (Fsp3) is 0.480. The quantitative estimate of drug-likeness (QED) is 0.474. The third-order valence-electron chi connectivity index (χ3n) is 7.52. The van der Waals surface area contributed by atoms with Gasteiger partial charge >= 0.3 is 0 Å². The van der Waals surface area contributed by atoms with Crippen LogP contribution in [0.3, 0.4) is 0 Å². The number of aryl methyl sites for hydroxylation is 1. The Bertz CT molecular complexity index is 1230. The molecular formula is C25H32N6O2S. The van der Waals surface area contributed by atoms with Gasteiger partial charge in [-0.2, -0.15) is 5.21 Å².